The highest BCUT2D eigenvalue weighted by Gasteiger charge is 2.36. The predicted molar refractivity (Wildman–Crippen MR) is 107 cm³/mol. The molecule has 0 spiro atoms. The quantitative estimate of drug-likeness (QED) is 0.687. The van der Waals surface area contributed by atoms with Gasteiger partial charge in [-0.2, -0.15) is 0 Å². The smallest absolute Gasteiger partial charge is 0.320 e. The number of thiophene rings is 1. The van der Waals surface area contributed by atoms with Crippen LogP contribution in [0.2, 0.25) is 0 Å². The molecule has 3 nitrogen and oxygen atoms in total. The summed E-state index contributed by atoms with van der Waals surface area (Å²) in [6.45, 7) is 2.93. The van der Waals surface area contributed by atoms with Crippen LogP contribution in [0.4, 0.5) is 0 Å². The van der Waals surface area contributed by atoms with E-state index in [-0.39, 0.29) is 6.04 Å². The summed E-state index contributed by atoms with van der Waals surface area (Å²) >= 11 is 1.77. The van der Waals surface area contributed by atoms with Gasteiger partial charge in [0.1, 0.15) is 6.04 Å². The molecule has 3 aromatic rings. The first-order chi connectivity index (χ1) is 12.6. The van der Waals surface area contributed by atoms with Crippen molar-refractivity contribution in [1.82, 2.24) is 4.90 Å². The fourth-order valence-corrected chi connectivity index (χ4v) is 5.13. The highest BCUT2D eigenvalue weighted by molar-refractivity contribution is 7.12. The summed E-state index contributed by atoms with van der Waals surface area (Å²) in [4.78, 5) is 16.7. The standard InChI is InChI=1S/C22H23NO2S/c1-15-12-13-20(26-15)21(23-14-5-4-11-19(23)22(24)25)18-10-6-8-16-7-2-3-9-17(16)18/h2-3,6-10,12-13,19,21H,4-5,11,14H2,1H3,(H,24,25). The third kappa shape index (κ3) is 3.15. The monoisotopic (exact) mass is 365 g/mol. The first kappa shape index (κ1) is 17.3. The fraction of sp³-hybridized carbons (Fsp3) is 0.318. The van der Waals surface area contributed by atoms with Crippen LogP contribution in [0.25, 0.3) is 10.8 Å². The zero-order valence-electron chi connectivity index (χ0n) is 14.9. The molecule has 26 heavy (non-hydrogen) atoms. The van der Waals surface area contributed by atoms with Crippen LogP contribution in [0.1, 0.15) is 40.6 Å². The number of aliphatic carboxylic acids is 1. The number of carboxylic acid groups (broad SMARTS) is 1. The van der Waals surface area contributed by atoms with Gasteiger partial charge in [0.2, 0.25) is 0 Å². The van der Waals surface area contributed by atoms with Crippen LogP contribution in [-0.4, -0.2) is 28.6 Å². The minimum Gasteiger partial charge on any atom is -0.480 e. The molecule has 2 atom stereocenters. The molecule has 1 fully saturated rings. The Morgan fingerprint density at radius 1 is 1.12 bits per heavy atom. The van der Waals surface area contributed by atoms with Crippen molar-refractivity contribution in [1.29, 1.82) is 0 Å². The van der Waals surface area contributed by atoms with Gasteiger partial charge in [0.15, 0.2) is 0 Å². The molecule has 1 saturated heterocycles. The molecule has 1 aromatic heterocycles. The molecule has 1 N–H and O–H groups in total. The number of benzene rings is 2. The molecule has 4 heteroatoms. The van der Waals surface area contributed by atoms with Crippen LogP contribution in [-0.2, 0) is 4.79 Å². The number of likely N-dealkylation sites (tertiary alicyclic amines) is 1. The lowest BCUT2D eigenvalue weighted by molar-refractivity contribution is -0.145. The van der Waals surface area contributed by atoms with Gasteiger partial charge in [-0.25, -0.2) is 0 Å². The molecule has 134 valence electrons. The third-order valence-corrected chi connectivity index (χ3v) is 6.36. The predicted octanol–water partition coefficient (Wildman–Crippen LogP) is 5.24. The Kier molecular flexibility index (Phi) is 4.79. The minimum atomic E-state index is -0.705. The Morgan fingerprint density at radius 3 is 2.69 bits per heavy atom. The van der Waals surface area contributed by atoms with Crippen molar-refractivity contribution >= 4 is 28.1 Å². The maximum Gasteiger partial charge on any atom is 0.320 e. The number of aryl methyl sites for hydroxylation is 1. The van der Waals surface area contributed by atoms with E-state index in [4.69, 9.17) is 0 Å². The maximum atomic E-state index is 12.0. The van der Waals surface area contributed by atoms with Crippen LogP contribution < -0.4 is 0 Å². The van der Waals surface area contributed by atoms with Crippen molar-refractivity contribution in [2.24, 2.45) is 0 Å². The van der Waals surface area contributed by atoms with Gasteiger partial charge in [0.05, 0.1) is 6.04 Å². The van der Waals surface area contributed by atoms with E-state index in [0.717, 1.165) is 25.8 Å². The Hall–Kier alpha value is -2.17. The van der Waals surface area contributed by atoms with Crippen molar-refractivity contribution in [3.05, 3.63) is 69.9 Å². The Labute approximate surface area is 157 Å². The topological polar surface area (TPSA) is 40.5 Å². The number of carbonyl (C=O) groups is 1. The van der Waals surface area contributed by atoms with Crippen LogP contribution in [0.5, 0.6) is 0 Å². The number of nitrogens with zero attached hydrogens (tertiary/aromatic N) is 1. The van der Waals surface area contributed by atoms with Gasteiger partial charge in [-0.1, -0.05) is 48.9 Å². The highest BCUT2D eigenvalue weighted by Crippen LogP contribution is 2.40. The fourth-order valence-electron chi connectivity index (χ4n) is 4.11. The van der Waals surface area contributed by atoms with Gasteiger partial charge < -0.3 is 5.11 Å². The number of piperidine rings is 1. The normalized spacial score (nSPS) is 19.5. The molecule has 2 heterocycles. The van der Waals surface area contributed by atoms with E-state index in [0.29, 0.717) is 0 Å². The summed E-state index contributed by atoms with van der Waals surface area (Å²) in [5.74, 6) is -0.705. The number of hydrogen-bond acceptors (Lipinski definition) is 3. The zero-order valence-corrected chi connectivity index (χ0v) is 15.7. The summed E-state index contributed by atoms with van der Waals surface area (Å²) in [7, 11) is 0. The van der Waals surface area contributed by atoms with E-state index in [1.54, 1.807) is 11.3 Å². The second kappa shape index (κ2) is 7.22. The zero-order chi connectivity index (χ0) is 18.1. The number of rotatable bonds is 4. The van der Waals surface area contributed by atoms with Crippen molar-refractivity contribution in [2.45, 2.75) is 38.3 Å². The van der Waals surface area contributed by atoms with Gasteiger partial charge in [0, 0.05) is 9.75 Å². The van der Waals surface area contributed by atoms with E-state index in [1.807, 2.05) is 0 Å². The average molecular weight is 365 g/mol. The van der Waals surface area contributed by atoms with Crippen LogP contribution in [0.3, 0.4) is 0 Å². The van der Waals surface area contributed by atoms with Crippen LogP contribution >= 0.6 is 11.3 Å². The van der Waals surface area contributed by atoms with Gasteiger partial charge in [-0.15, -0.1) is 11.3 Å². The first-order valence-electron chi connectivity index (χ1n) is 9.17. The van der Waals surface area contributed by atoms with Crippen molar-refractivity contribution in [3.8, 4) is 0 Å². The van der Waals surface area contributed by atoms with E-state index >= 15 is 0 Å². The third-order valence-electron chi connectivity index (χ3n) is 5.31. The van der Waals surface area contributed by atoms with Gasteiger partial charge in [0.25, 0.3) is 0 Å². The van der Waals surface area contributed by atoms with Crippen LogP contribution in [0.15, 0.2) is 54.6 Å². The summed E-state index contributed by atoms with van der Waals surface area (Å²) in [5.41, 5.74) is 1.21. The lowest BCUT2D eigenvalue weighted by atomic mass is 9.92. The molecule has 2 aromatic carbocycles. The second-order valence-corrected chi connectivity index (χ2v) is 8.33. The van der Waals surface area contributed by atoms with Crippen molar-refractivity contribution in [3.63, 3.8) is 0 Å². The summed E-state index contributed by atoms with van der Waals surface area (Å²) in [6, 6.07) is 18.6. The lowest BCUT2D eigenvalue weighted by Crippen LogP contribution is -2.46. The van der Waals surface area contributed by atoms with E-state index in [2.05, 4.69) is 66.4 Å². The number of fused-ring (bicyclic) bond motifs is 1. The number of hydrogen-bond donors (Lipinski definition) is 1. The second-order valence-electron chi connectivity index (χ2n) is 7.01. The molecule has 0 saturated carbocycles. The van der Waals surface area contributed by atoms with Crippen molar-refractivity contribution in [2.75, 3.05) is 6.54 Å². The molecule has 4 rings (SSSR count). The number of carboxylic acids is 1. The SMILES string of the molecule is Cc1ccc(C(c2cccc3ccccc23)N2CCCCC2C(=O)O)s1. The Morgan fingerprint density at radius 2 is 1.92 bits per heavy atom. The molecule has 1 aliphatic heterocycles. The Bertz CT molecular complexity index is 927. The highest BCUT2D eigenvalue weighted by atomic mass is 32.1. The molecule has 0 amide bonds. The van der Waals surface area contributed by atoms with E-state index in [1.165, 1.54) is 26.1 Å². The van der Waals surface area contributed by atoms with Gasteiger partial charge in [-0.3, -0.25) is 9.69 Å². The summed E-state index contributed by atoms with van der Waals surface area (Å²) in [6.07, 6.45) is 2.76. The van der Waals surface area contributed by atoms with Crippen molar-refractivity contribution < 1.29 is 9.90 Å². The summed E-state index contributed by atoms with van der Waals surface area (Å²) < 4.78 is 0. The molecular weight excluding hydrogens is 342 g/mol. The molecule has 1 aliphatic rings. The maximum absolute atomic E-state index is 12.0. The molecular formula is C22H23NO2S. The largest absolute Gasteiger partial charge is 0.480 e. The van der Waals surface area contributed by atoms with E-state index in [9.17, 15) is 9.90 Å². The Balaban J connectivity index is 1.89. The average Bonchev–Trinajstić information content (AvgIpc) is 3.08. The molecule has 0 bridgehead atoms. The van der Waals surface area contributed by atoms with E-state index < -0.39 is 12.0 Å². The molecule has 2 unspecified atom stereocenters. The molecule has 0 aliphatic carbocycles. The minimum absolute atomic E-state index is 0.0128. The molecule has 0 radical (unpaired) electrons. The summed E-state index contributed by atoms with van der Waals surface area (Å²) in [5, 5.41) is 12.2. The van der Waals surface area contributed by atoms with Gasteiger partial charge in [-0.05, 0) is 54.8 Å². The van der Waals surface area contributed by atoms with Gasteiger partial charge >= 0.3 is 5.97 Å². The first-order valence-corrected chi connectivity index (χ1v) is 9.99. The lowest BCUT2D eigenvalue weighted by Gasteiger charge is -2.39. The van der Waals surface area contributed by atoms with Crippen LogP contribution in [0, 0.1) is 6.92 Å².